The van der Waals surface area contributed by atoms with Crippen molar-refractivity contribution < 1.29 is 13.2 Å². The van der Waals surface area contributed by atoms with E-state index in [0.29, 0.717) is 23.5 Å². The number of hydrogen-bond donors (Lipinski definition) is 0. The number of hydrogen-bond acceptors (Lipinski definition) is 5. The molecule has 1 aliphatic heterocycles. The van der Waals surface area contributed by atoms with Gasteiger partial charge in [-0.1, -0.05) is 15.9 Å². The average Bonchev–Trinajstić information content (AvgIpc) is 2.37. The van der Waals surface area contributed by atoms with Crippen LogP contribution in [0.2, 0.25) is 0 Å². The highest BCUT2D eigenvalue weighted by Crippen LogP contribution is 2.30. The number of benzene rings is 1. The van der Waals surface area contributed by atoms with Gasteiger partial charge in [-0.2, -0.15) is 11.8 Å². The van der Waals surface area contributed by atoms with Crippen LogP contribution in [0, 0.1) is 0 Å². The normalized spacial score (nSPS) is 20.3. The van der Waals surface area contributed by atoms with E-state index in [9.17, 15) is 13.2 Å². The van der Waals surface area contributed by atoms with Crippen molar-refractivity contribution >= 4 is 49.5 Å². The zero-order valence-electron chi connectivity index (χ0n) is 10.4. The molecule has 1 aromatic carbocycles. The molecule has 0 N–H and O–H groups in total. The third-order valence-corrected chi connectivity index (χ3v) is 6.14. The molecule has 1 heterocycles. The van der Waals surface area contributed by atoms with E-state index in [1.807, 2.05) is 11.0 Å². The molecule has 0 saturated carbocycles. The van der Waals surface area contributed by atoms with Crippen molar-refractivity contribution in [1.82, 2.24) is 0 Å². The number of thioether (sulfide) groups is 1. The van der Waals surface area contributed by atoms with Gasteiger partial charge in [0.25, 0.3) is 0 Å². The minimum absolute atomic E-state index is 0.509. The lowest BCUT2D eigenvalue weighted by Crippen LogP contribution is -2.47. The first kappa shape index (κ1) is 14.9. The SMILES string of the molecule is CS(=O)(=O)C1CSCCN1c1ccc(Br)cc1C=O. The van der Waals surface area contributed by atoms with Crippen LogP contribution in [-0.4, -0.2) is 44.4 Å². The maximum atomic E-state index is 11.9. The first-order valence-electron chi connectivity index (χ1n) is 5.71. The van der Waals surface area contributed by atoms with Gasteiger partial charge >= 0.3 is 0 Å². The molecule has 0 radical (unpaired) electrons. The molecule has 4 nitrogen and oxygen atoms in total. The Balaban J connectivity index is 2.46. The summed E-state index contributed by atoms with van der Waals surface area (Å²) in [5.41, 5.74) is 1.20. The van der Waals surface area contributed by atoms with Crippen LogP contribution < -0.4 is 4.90 Å². The van der Waals surface area contributed by atoms with Crippen molar-refractivity contribution in [2.45, 2.75) is 5.37 Å². The molecule has 1 aliphatic rings. The lowest BCUT2D eigenvalue weighted by atomic mass is 10.1. The Hall–Kier alpha value is -0.530. The summed E-state index contributed by atoms with van der Waals surface area (Å²) in [7, 11) is -3.18. The molecule has 1 aromatic rings. The van der Waals surface area contributed by atoms with Gasteiger partial charge in [0, 0.05) is 40.0 Å². The van der Waals surface area contributed by atoms with E-state index in [1.165, 1.54) is 6.26 Å². The molecular weight excluding hydrogens is 350 g/mol. The number of nitrogens with zero attached hydrogens (tertiary/aromatic N) is 1. The Labute approximate surface area is 125 Å². The summed E-state index contributed by atoms with van der Waals surface area (Å²) in [5.74, 6) is 1.40. The fourth-order valence-corrected chi connectivity index (χ4v) is 5.30. The summed E-state index contributed by atoms with van der Waals surface area (Å²) in [6.07, 6.45) is 2.01. The lowest BCUT2D eigenvalue weighted by Gasteiger charge is -2.36. The van der Waals surface area contributed by atoms with Gasteiger partial charge in [0.05, 0.1) is 0 Å². The molecule has 1 atom stereocenters. The van der Waals surface area contributed by atoms with Crippen molar-refractivity contribution in [2.24, 2.45) is 0 Å². The van der Waals surface area contributed by atoms with Gasteiger partial charge in [0.2, 0.25) is 0 Å². The Morgan fingerprint density at radius 1 is 1.47 bits per heavy atom. The molecule has 7 heteroatoms. The molecule has 0 spiro atoms. The second-order valence-electron chi connectivity index (χ2n) is 4.37. The largest absolute Gasteiger partial charge is 0.353 e. The highest BCUT2D eigenvalue weighted by Gasteiger charge is 2.32. The van der Waals surface area contributed by atoms with Crippen LogP contribution in [0.5, 0.6) is 0 Å². The zero-order valence-corrected chi connectivity index (χ0v) is 13.6. The van der Waals surface area contributed by atoms with Crippen molar-refractivity contribution in [1.29, 1.82) is 0 Å². The van der Waals surface area contributed by atoms with Crippen LogP contribution >= 0.6 is 27.7 Å². The van der Waals surface area contributed by atoms with Gasteiger partial charge in [-0.05, 0) is 18.2 Å². The molecule has 0 aromatic heterocycles. The number of aldehydes is 1. The van der Waals surface area contributed by atoms with E-state index in [0.717, 1.165) is 16.5 Å². The Morgan fingerprint density at radius 3 is 2.84 bits per heavy atom. The van der Waals surface area contributed by atoms with Gasteiger partial charge in [-0.3, -0.25) is 4.79 Å². The topological polar surface area (TPSA) is 54.5 Å². The Bertz CT molecular complexity index is 589. The number of sulfone groups is 1. The van der Waals surface area contributed by atoms with E-state index < -0.39 is 15.2 Å². The lowest BCUT2D eigenvalue weighted by molar-refractivity contribution is 0.112. The maximum absolute atomic E-state index is 11.9. The summed E-state index contributed by atoms with van der Waals surface area (Å²) in [4.78, 5) is 13.0. The van der Waals surface area contributed by atoms with Gasteiger partial charge < -0.3 is 4.90 Å². The van der Waals surface area contributed by atoms with E-state index >= 15 is 0 Å². The minimum atomic E-state index is -3.18. The van der Waals surface area contributed by atoms with Crippen molar-refractivity contribution in [3.8, 4) is 0 Å². The van der Waals surface area contributed by atoms with Crippen LogP contribution in [0.25, 0.3) is 0 Å². The highest BCUT2D eigenvalue weighted by molar-refractivity contribution is 9.10. The predicted molar refractivity (Wildman–Crippen MR) is 82.8 cm³/mol. The second-order valence-corrected chi connectivity index (χ2v) is 8.64. The molecule has 0 amide bonds. The maximum Gasteiger partial charge on any atom is 0.169 e. The van der Waals surface area contributed by atoms with E-state index in [-0.39, 0.29) is 0 Å². The summed E-state index contributed by atoms with van der Waals surface area (Å²) in [5, 5.41) is -0.564. The second kappa shape index (κ2) is 5.85. The molecule has 2 rings (SSSR count). The number of carbonyl (C=O) groups is 1. The molecule has 0 bridgehead atoms. The van der Waals surface area contributed by atoms with Crippen LogP contribution in [0.3, 0.4) is 0 Å². The number of anilines is 1. The van der Waals surface area contributed by atoms with Gasteiger partial charge in [-0.15, -0.1) is 0 Å². The monoisotopic (exact) mass is 363 g/mol. The van der Waals surface area contributed by atoms with Crippen LogP contribution in [0.1, 0.15) is 10.4 Å². The van der Waals surface area contributed by atoms with Crippen molar-refractivity contribution in [2.75, 3.05) is 29.2 Å². The minimum Gasteiger partial charge on any atom is -0.353 e. The predicted octanol–water partition coefficient (Wildman–Crippen LogP) is 2.19. The first-order chi connectivity index (χ1) is 8.93. The third-order valence-electron chi connectivity index (χ3n) is 3.00. The standard InChI is InChI=1S/C12H14BrNO3S2/c1-19(16,17)12-8-18-5-4-14(12)11-3-2-10(13)6-9(11)7-15/h2-3,6-7,12H,4-5,8H2,1H3. The highest BCUT2D eigenvalue weighted by atomic mass is 79.9. The van der Waals surface area contributed by atoms with Crippen LogP contribution in [0.4, 0.5) is 5.69 Å². The molecule has 0 aliphatic carbocycles. The van der Waals surface area contributed by atoms with Crippen molar-refractivity contribution in [3.05, 3.63) is 28.2 Å². The smallest absolute Gasteiger partial charge is 0.169 e. The van der Waals surface area contributed by atoms with E-state index in [1.54, 1.807) is 23.9 Å². The molecule has 1 fully saturated rings. The summed E-state index contributed by atoms with van der Waals surface area (Å²) >= 11 is 4.94. The molecular formula is C12H14BrNO3S2. The van der Waals surface area contributed by atoms with Crippen molar-refractivity contribution in [3.63, 3.8) is 0 Å². The summed E-state index contributed by atoms with van der Waals surface area (Å²) in [6, 6.07) is 5.33. The summed E-state index contributed by atoms with van der Waals surface area (Å²) < 4.78 is 24.6. The zero-order chi connectivity index (χ0) is 14.0. The van der Waals surface area contributed by atoms with Gasteiger partial charge in [0.1, 0.15) is 5.37 Å². The number of halogens is 1. The van der Waals surface area contributed by atoms with Gasteiger partial charge in [0.15, 0.2) is 16.1 Å². The fraction of sp³-hybridized carbons (Fsp3) is 0.417. The first-order valence-corrected chi connectivity index (χ1v) is 9.61. The fourth-order valence-electron chi connectivity index (χ4n) is 2.09. The molecule has 104 valence electrons. The number of carbonyl (C=O) groups excluding carboxylic acids is 1. The Morgan fingerprint density at radius 2 is 2.21 bits per heavy atom. The Kier molecular flexibility index (Phi) is 4.58. The quantitative estimate of drug-likeness (QED) is 0.770. The summed E-state index contributed by atoms with van der Waals surface area (Å²) in [6.45, 7) is 0.630. The van der Waals surface area contributed by atoms with Crippen LogP contribution in [0.15, 0.2) is 22.7 Å². The molecule has 1 saturated heterocycles. The number of rotatable bonds is 3. The average molecular weight is 364 g/mol. The van der Waals surface area contributed by atoms with Crippen LogP contribution in [-0.2, 0) is 9.84 Å². The van der Waals surface area contributed by atoms with E-state index in [4.69, 9.17) is 0 Å². The molecule has 1 unspecified atom stereocenters. The third kappa shape index (κ3) is 3.32. The van der Waals surface area contributed by atoms with Gasteiger partial charge in [-0.25, -0.2) is 8.42 Å². The van der Waals surface area contributed by atoms with E-state index in [2.05, 4.69) is 15.9 Å². The molecule has 19 heavy (non-hydrogen) atoms.